The molecule has 0 saturated carbocycles. The van der Waals surface area contributed by atoms with Crippen molar-refractivity contribution in [3.63, 3.8) is 0 Å². The van der Waals surface area contributed by atoms with E-state index in [9.17, 15) is 0 Å². The Bertz CT molecular complexity index is 1470. The van der Waals surface area contributed by atoms with Crippen molar-refractivity contribution in [1.82, 2.24) is 0 Å². The summed E-state index contributed by atoms with van der Waals surface area (Å²) in [5.74, 6) is 0. The second-order valence-corrected chi connectivity index (χ2v) is 36.1. The van der Waals surface area contributed by atoms with Crippen molar-refractivity contribution >= 4 is 82.5 Å². The summed E-state index contributed by atoms with van der Waals surface area (Å²) in [6, 6.07) is 9.69. The normalized spacial score (nSPS) is 11.4. The molecule has 0 unspecified atom stereocenters. The standard InChI is InChI=1S/C20H30S2.C10H15BrS.C10H15S.3C4H9.Sn/c1-3-5-7-9-11-17-15-19(22-16-17)20-18(13-14-21-20)12-10-8-6-4-2;1-2-3-4-5-6-9-7-8-12-10(9)11;1-2-3-4-5-6-10-7-8-11-9-10;3*1-3-4-2;/h13-16H,3-12H2,1-2H3;7-8H,2-6H2,1H3;7,9H,2-6H2,1H3;3*1,3-4H2,2H3;. The number of hydrogen-bond donors (Lipinski definition) is 0. The van der Waals surface area contributed by atoms with Gasteiger partial charge in [-0.1, -0.05) is 78.6 Å². The van der Waals surface area contributed by atoms with E-state index in [0.717, 1.165) is 0 Å². The van der Waals surface area contributed by atoms with Crippen LogP contribution in [0.15, 0.2) is 49.6 Å². The van der Waals surface area contributed by atoms with E-state index < -0.39 is 18.4 Å². The van der Waals surface area contributed by atoms with E-state index >= 15 is 0 Å². The van der Waals surface area contributed by atoms with Crippen molar-refractivity contribution in [1.29, 1.82) is 0 Å². The number of unbranched alkanes of at least 4 members (excludes halogenated alkanes) is 15. The van der Waals surface area contributed by atoms with Gasteiger partial charge in [-0.15, -0.1) is 34.0 Å². The molecule has 0 bridgehead atoms. The van der Waals surface area contributed by atoms with Gasteiger partial charge in [-0.2, -0.15) is 0 Å². The van der Waals surface area contributed by atoms with Crippen molar-refractivity contribution in [2.75, 3.05) is 0 Å². The Balaban J connectivity index is 0.000000316. The predicted molar refractivity (Wildman–Crippen MR) is 280 cm³/mol. The first-order valence-corrected chi connectivity index (χ1v) is 36.1. The third-order valence-corrected chi connectivity index (χ3v) is 35.0. The number of aryl methyl sites for hydroxylation is 4. The molecule has 0 amide bonds. The monoisotopic (exact) mass is 1040 g/mol. The van der Waals surface area contributed by atoms with Gasteiger partial charge in [0, 0.05) is 9.75 Å². The number of thiophene rings is 4. The van der Waals surface area contributed by atoms with Gasteiger partial charge < -0.3 is 0 Å². The SMILES string of the molecule is CCCCCCc1ccsc1Br.CCCCCCc1cs[c]([Sn]([CH2]CCC)([CH2]CCC)[CH2]CCC)c1.CCCCCCc1csc(-c2sccc2CCCCCC)c1. The van der Waals surface area contributed by atoms with Gasteiger partial charge in [0.05, 0.1) is 3.79 Å². The zero-order chi connectivity index (χ0) is 42.1. The van der Waals surface area contributed by atoms with Crippen LogP contribution in [0.3, 0.4) is 0 Å². The van der Waals surface area contributed by atoms with Gasteiger partial charge in [0.15, 0.2) is 0 Å². The van der Waals surface area contributed by atoms with Gasteiger partial charge in [0.1, 0.15) is 0 Å². The van der Waals surface area contributed by atoms with E-state index in [-0.39, 0.29) is 0 Å². The summed E-state index contributed by atoms with van der Waals surface area (Å²) >= 11 is 9.23. The molecule has 0 radical (unpaired) electrons. The van der Waals surface area contributed by atoms with Crippen molar-refractivity contribution in [2.24, 2.45) is 0 Å². The van der Waals surface area contributed by atoms with Gasteiger partial charge in [-0.05, 0) is 105 Å². The van der Waals surface area contributed by atoms with E-state index in [4.69, 9.17) is 0 Å². The van der Waals surface area contributed by atoms with Crippen LogP contribution in [0.25, 0.3) is 9.75 Å². The maximum absolute atomic E-state index is 3.55. The molecule has 0 aliphatic rings. The fourth-order valence-electron chi connectivity index (χ4n) is 7.94. The maximum Gasteiger partial charge on any atom is 0.0474 e. The predicted octanol–water partition coefficient (Wildman–Crippen LogP) is 20.3. The number of halogens is 1. The summed E-state index contributed by atoms with van der Waals surface area (Å²) in [6.07, 6.45) is 35.5. The Morgan fingerprint density at radius 3 is 1.34 bits per heavy atom. The molecule has 0 aromatic carbocycles. The maximum atomic E-state index is 3.55. The van der Waals surface area contributed by atoms with E-state index in [2.05, 4.69) is 122 Å². The van der Waals surface area contributed by atoms with Crippen molar-refractivity contribution in [3.8, 4) is 9.75 Å². The van der Waals surface area contributed by atoms with E-state index in [1.807, 2.05) is 25.6 Å². The average Bonchev–Trinajstić information content (AvgIpc) is 4.08. The van der Waals surface area contributed by atoms with Crippen LogP contribution in [-0.2, 0) is 25.7 Å². The van der Waals surface area contributed by atoms with Crippen LogP contribution in [-0.4, -0.2) is 18.4 Å². The van der Waals surface area contributed by atoms with Crippen LogP contribution in [0.1, 0.15) is 212 Å². The summed E-state index contributed by atoms with van der Waals surface area (Å²) in [5.41, 5.74) is 6.26. The van der Waals surface area contributed by atoms with Gasteiger partial charge in [0.2, 0.25) is 0 Å². The van der Waals surface area contributed by atoms with Crippen molar-refractivity contribution < 1.29 is 0 Å². The van der Waals surface area contributed by atoms with Gasteiger partial charge in [-0.3, -0.25) is 0 Å². The topological polar surface area (TPSA) is 0 Å². The molecule has 0 fully saturated rings. The largest absolute Gasteiger partial charge is 0.143 e. The van der Waals surface area contributed by atoms with Crippen molar-refractivity contribution in [3.05, 3.63) is 71.8 Å². The van der Waals surface area contributed by atoms with Crippen molar-refractivity contribution in [2.45, 2.75) is 229 Å². The summed E-state index contributed by atoms with van der Waals surface area (Å²) < 4.78 is 8.08. The van der Waals surface area contributed by atoms with Crippen LogP contribution < -0.4 is 2.89 Å². The molecule has 0 aliphatic carbocycles. The minimum absolute atomic E-state index is 1.24. The molecule has 330 valence electrons. The first kappa shape index (κ1) is 54.2. The van der Waals surface area contributed by atoms with Gasteiger partial charge >= 0.3 is 161 Å². The second kappa shape index (κ2) is 35.5. The molecule has 0 spiro atoms. The Morgan fingerprint density at radius 1 is 0.431 bits per heavy atom. The van der Waals surface area contributed by atoms with Gasteiger partial charge in [-0.25, -0.2) is 0 Å². The molecule has 4 heterocycles. The zero-order valence-electron chi connectivity index (χ0n) is 38.6. The molecule has 0 nitrogen and oxygen atoms in total. The number of hydrogen-bond acceptors (Lipinski definition) is 4. The van der Waals surface area contributed by atoms with E-state index in [1.165, 1.54) is 186 Å². The second-order valence-electron chi connectivity index (χ2n) is 17.0. The Labute approximate surface area is 389 Å². The first-order valence-electron chi connectivity index (χ1n) is 24.3. The fraction of sp³-hybridized carbons (Fsp3) is 0.692. The number of rotatable bonds is 31. The summed E-state index contributed by atoms with van der Waals surface area (Å²) in [5, 5.41) is 9.32. The van der Waals surface area contributed by atoms with Gasteiger partial charge in [0.25, 0.3) is 0 Å². The Morgan fingerprint density at radius 2 is 0.862 bits per heavy atom. The molecule has 4 rings (SSSR count). The Hall–Kier alpha value is 0.0787. The average molecular weight is 1040 g/mol. The molecule has 0 saturated heterocycles. The molecule has 0 N–H and O–H groups in total. The molecule has 58 heavy (non-hydrogen) atoms. The minimum atomic E-state index is -2.14. The van der Waals surface area contributed by atoms with Crippen LogP contribution in [0.4, 0.5) is 0 Å². The smallest absolute Gasteiger partial charge is 0.0474 e. The quantitative estimate of drug-likeness (QED) is 0.0348. The van der Waals surface area contributed by atoms with Crippen LogP contribution in [0, 0.1) is 0 Å². The fourth-order valence-corrected chi connectivity index (χ4v) is 31.5. The molecule has 6 heteroatoms. The van der Waals surface area contributed by atoms with E-state index in [1.54, 1.807) is 41.3 Å². The van der Waals surface area contributed by atoms with Crippen LogP contribution in [0.5, 0.6) is 0 Å². The van der Waals surface area contributed by atoms with Crippen LogP contribution in [0.2, 0.25) is 13.3 Å². The minimum Gasteiger partial charge on any atom is -0.143 e. The molecule has 0 atom stereocenters. The molecular formula is C52H87BrS4Sn. The first-order chi connectivity index (χ1) is 28.4. The third kappa shape index (κ3) is 22.4. The Kier molecular flexibility index (Phi) is 33.2. The summed E-state index contributed by atoms with van der Waals surface area (Å²) in [7, 11) is 0. The third-order valence-electron chi connectivity index (χ3n) is 11.8. The molecule has 0 aliphatic heterocycles. The molecule has 4 aromatic heterocycles. The molecule has 4 aromatic rings. The summed E-state index contributed by atoms with van der Waals surface area (Å²) in [6.45, 7) is 16.3. The molecular weight excluding hydrogens is 951 g/mol. The van der Waals surface area contributed by atoms with Crippen LogP contribution >= 0.6 is 61.3 Å². The summed E-state index contributed by atoms with van der Waals surface area (Å²) in [4.78, 5) is 3.02. The van der Waals surface area contributed by atoms with E-state index in [0.29, 0.717) is 0 Å². The zero-order valence-corrected chi connectivity index (χ0v) is 46.3.